The number of carbonyl (C=O) groups excluding carboxylic acids is 1. The van der Waals surface area contributed by atoms with E-state index in [0.717, 1.165) is 25.0 Å². The van der Waals surface area contributed by atoms with Crippen LogP contribution in [0.1, 0.15) is 58.8 Å². The molecule has 88 valence electrons. The molecule has 1 fully saturated rings. The van der Waals surface area contributed by atoms with E-state index in [4.69, 9.17) is 0 Å². The Balaban J connectivity index is 2.32. The first kappa shape index (κ1) is 12.7. The van der Waals surface area contributed by atoms with E-state index in [2.05, 4.69) is 0 Å². The molecule has 0 aliphatic heterocycles. The van der Waals surface area contributed by atoms with Gasteiger partial charge in [0.2, 0.25) is 0 Å². The zero-order valence-corrected chi connectivity index (χ0v) is 10.0. The largest absolute Gasteiger partial charge is 0.390 e. The quantitative estimate of drug-likeness (QED) is 0.711. The Morgan fingerprint density at radius 2 is 2.00 bits per heavy atom. The van der Waals surface area contributed by atoms with Crippen LogP contribution in [0.15, 0.2) is 0 Å². The fourth-order valence-corrected chi connectivity index (χ4v) is 2.86. The summed E-state index contributed by atoms with van der Waals surface area (Å²) in [5, 5.41) is 9.78. The van der Waals surface area contributed by atoms with Crippen LogP contribution in [-0.4, -0.2) is 17.0 Å². The molecule has 0 saturated heterocycles. The fraction of sp³-hybridized carbons (Fsp3) is 0.923. The average molecular weight is 212 g/mol. The highest BCUT2D eigenvalue weighted by Crippen LogP contribution is 2.35. The standard InChI is InChI=1S/C13H24O2/c1-13(2,15)10-12-6-3-5-11(9-12)7-4-8-14/h8,11-12,15H,3-7,9-10H2,1-2H3. The molecule has 0 aromatic carbocycles. The zero-order chi connectivity index (χ0) is 11.3. The van der Waals surface area contributed by atoms with E-state index >= 15 is 0 Å². The van der Waals surface area contributed by atoms with Crippen molar-refractivity contribution in [2.45, 2.75) is 64.4 Å². The minimum absolute atomic E-state index is 0.531. The third-order valence-electron chi connectivity index (χ3n) is 3.37. The van der Waals surface area contributed by atoms with Crippen LogP contribution in [-0.2, 0) is 4.79 Å². The molecule has 0 amide bonds. The molecule has 0 spiro atoms. The first-order valence-electron chi connectivity index (χ1n) is 6.17. The summed E-state index contributed by atoms with van der Waals surface area (Å²) in [4.78, 5) is 10.3. The lowest BCUT2D eigenvalue weighted by Gasteiger charge is -2.32. The highest BCUT2D eigenvalue weighted by molar-refractivity contribution is 5.49. The van der Waals surface area contributed by atoms with Crippen LogP contribution in [0.5, 0.6) is 0 Å². The summed E-state index contributed by atoms with van der Waals surface area (Å²) in [7, 11) is 0. The van der Waals surface area contributed by atoms with Crippen molar-refractivity contribution in [1.29, 1.82) is 0 Å². The number of aliphatic hydroxyl groups is 1. The van der Waals surface area contributed by atoms with Crippen molar-refractivity contribution >= 4 is 6.29 Å². The summed E-state index contributed by atoms with van der Waals surface area (Å²) in [6.45, 7) is 3.78. The van der Waals surface area contributed by atoms with Gasteiger partial charge in [-0.3, -0.25) is 0 Å². The van der Waals surface area contributed by atoms with E-state index in [1.54, 1.807) is 0 Å². The fourth-order valence-electron chi connectivity index (χ4n) is 2.86. The Kier molecular flexibility index (Phi) is 4.78. The molecule has 0 radical (unpaired) electrons. The SMILES string of the molecule is CC(C)(O)CC1CCCC(CCC=O)C1. The molecule has 1 N–H and O–H groups in total. The molecule has 0 heterocycles. The maximum Gasteiger partial charge on any atom is 0.120 e. The molecule has 1 saturated carbocycles. The number of aldehydes is 1. The lowest BCUT2D eigenvalue weighted by Crippen LogP contribution is -2.26. The predicted octanol–water partition coefficient (Wildman–Crippen LogP) is 2.93. The van der Waals surface area contributed by atoms with Gasteiger partial charge in [-0.25, -0.2) is 0 Å². The minimum atomic E-state index is -0.531. The minimum Gasteiger partial charge on any atom is -0.390 e. The summed E-state index contributed by atoms with van der Waals surface area (Å²) < 4.78 is 0. The van der Waals surface area contributed by atoms with Gasteiger partial charge in [-0.05, 0) is 44.9 Å². The molecule has 0 aromatic rings. The van der Waals surface area contributed by atoms with Gasteiger partial charge >= 0.3 is 0 Å². The highest BCUT2D eigenvalue weighted by Gasteiger charge is 2.26. The Hall–Kier alpha value is -0.370. The third kappa shape index (κ3) is 5.31. The Morgan fingerprint density at radius 1 is 1.33 bits per heavy atom. The van der Waals surface area contributed by atoms with Gasteiger partial charge in [0.25, 0.3) is 0 Å². The second-order valence-corrected chi connectivity index (χ2v) is 5.66. The second-order valence-electron chi connectivity index (χ2n) is 5.66. The Bertz CT molecular complexity index is 193. The summed E-state index contributed by atoms with van der Waals surface area (Å²) in [6, 6.07) is 0. The molecule has 2 heteroatoms. The number of hydrogen-bond acceptors (Lipinski definition) is 2. The van der Waals surface area contributed by atoms with E-state index in [1.165, 1.54) is 25.7 Å². The first-order chi connectivity index (χ1) is 7.01. The van der Waals surface area contributed by atoms with E-state index in [1.807, 2.05) is 13.8 Å². The molecule has 2 unspecified atom stereocenters. The van der Waals surface area contributed by atoms with Crippen LogP contribution in [0.3, 0.4) is 0 Å². The van der Waals surface area contributed by atoms with Crippen molar-refractivity contribution < 1.29 is 9.90 Å². The van der Waals surface area contributed by atoms with Crippen LogP contribution in [0.2, 0.25) is 0 Å². The third-order valence-corrected chi connectivity index (χ3v) is 3.37. The van der Waals surface area contributed by atoms with Gasteiger partial charge in [0.05, 0.1) is 5.60 Å². The molecular formula is C13H24O2. The van der Waals surface area contributed by atoms with E-state index < -0.39 is 5.60 Å². The van der Waals surface area contributed by atoms with Crippen LogP contribution in [0.25, 0.3) is 0 Å². The van der Waals surface area contributed by atoms with Crippen molar-refractivity contribution in [3.63, 3.8) is 0 Å². The second kappa shape index (κ2) is 5.64. The maximum atomic E-state index is 10.3. The lowest BCUT2D eigenvalue weighted by molar-refractivity contribution is -0.108. The van der Waals surface area contributed by atoms with Crippen LogP contribution in [0.4, 0.5) is 0 Å². The molecule has 0 aromatic heterocycles. The van der Waals surface area contributed by atoms with Gasteiger partial charge in [0.15, 0.2) is 0 Å². The van der Waals surface area contributed by atoms with Crippen molar-refractivity contribution in [2.75, 3.05) is 0 Å². The number of rotatable bonds is 5. The van der Waals surface area contributed by atoms with Crippen LogP contribution in [0, 0.1) is 11.8 Å². The topological polar surface area (TPSA) is 37.3 Å². The molecule has 1 aliphatic rings. The first-order valence-corrected chi connectivity index (χ1v) is 6.17. The predicted molar refractivity (Wildman–Crippen MR) is 61.7 cm³/mol. The molecular weight excluding hydrogens is 188 g/mol. The lowest BCUT2D eigenvalue weighted by atomic mass is 9.75. The van der Waals surface area contributed by atoms with E-state index in [9.17, 15) is 9.90 Å². The van der Waals surface area contributed by atoms with Gasteiger partial charge in [0.1, 0.15) is 6.29 Å². The van der Waals surface area contributed by atoms with Gasteiger partial charge in [-0.15, -0.1) is 0 Å². The van der Waals surface area contributed by atoms with Crippen LogP contribution < -0.4 is 0 Å². The van der Waals surface area contributed by atoms with Crippen molar-refractivity contribution in [3.8, 4) is 0 Å². The van der Waals surface area contributed by atoms with Gasteiger partial charge in [-0.2, -0.15) is 0 Å². The maximum absolute atomic E-state index is 10.3. The summed E-state index contributed by atoms with van der Waals surface area (Å²) in [5.74, 6) is 1.38. The molecule has 1 aliphatic carbocycles. The summed E-state index contributed by atoms with van der Waals surface area (Å²) in [5.41, 5.74) is -0.531. The molecule has 0 bridgehead atoms. The van der Waals surface area contributed by atoms with Gasteiger partial charge < -0.3 is 9.90 Å². The van der Waals surface area contributed by atoms with Gasteiger partial charge in [-0.1, -0.05) is 19.3 Å². The molecule has 2 nitrogen and oxygen atoms in total. The molecule has 15 heavy (non-hydrogen) atoms. The summed E-state index contributed by atoms with van der Waals surface area (Å²) in [6.07, 6.45) is 8.69. The summed E-state index contributed by atoms with van der Waals surface area (Å²) >= 11 is 0. The average Bonchev–Trinajstić information content (AvgIpc) is 2.12. The van der Waals surface area contributed by atoms with Crippen molar-refractivity contribution in [3.05, 3.63) is 0 Å². The van der Waals surface area contributed by atoms with Crippen molar-refractivity contribution in [2.24, 2.45) is 11.8 Å². The van der Waals surface area contributed by atoms with Crippen molar-refractivity contribution in [1.82, 2.24) is 0 Å². The smallest absolute Gasteiger partial charge is 0.120 e. The van der Waals surface area contributed by atoms with E-state index in [0.29, 0.717) is 12.3 Å². The van der Waals surface area contributed by atoms with Crippen LogP contribution >= 0.6 is 0 Å². The van der Waals surface area contributed by atoms with E-state index in [-0.39, 0.29) is 0 Å². The monoisotopic (exact) mass is 212 g/mol. The number of hydrogen-bond donors (Lipinski definition) is 1. The molecule has 1 rings (SSSR count). The van der Waals surface area contributed by atoms with Gasteiger partial charge in [0, 0.05) is 6.42 Å². The molecule has 2 atom stereocenters. The number of carbonyl (C=O) groups is 1. The Labute approximate surface area is 93.1 Å². The zero-order valence-electron chi connectivity index (χ0n) is 10.0. The Morgan fingerprint density at radius 3 is 2.60 bits per heavy atom. The highest BCUT2D eigenvalue weighted by atomic mass is 16.3. The normalized spacial score (nSPS) is 27.7.